The lowest BCUT2D eigenvalue weighted by Gasteiger charge is -2.03. The van der Waals surface area contributed by atoms with E-state index in [0.29, 0.717) is 0 Å². The van der Waals surface area contributed by atoms with Crippen molar-refractivity contribution in [3.63, 3.8) is 0 Å². The van der Waals surface area contributed by atoms with Gasteiger partial charge in [-0.15, -0.1) is 90.7 Å². The van der Waals surface area contributed by atoms with Crippen molar-refractivity contribution in [1.29, 1.82) is 0 Å². The van der Waals surface area contributed by atoms with Crippen LogP contribution < -0.4 is 0 Å². The normalized spacial score (nSPS) is 11.7. The molecule has 0 atom stereocenters. The zero-order valence-electron chi connectivity index (χ0n) is 41.3. The Bertz CT molecular complexity index is 3280. The molecule has 0 nitrogen and oxygen atoms in total. The summed E-state index contributed by atoms with van der Waals surface area (Å²) in [6, 6.07) is 47.2. The molecule has 8 heterocycles. The Morgan fingerprint density at radius 1 is 0.257 bits per heavy atom. The van der Waals surface area contributed by atoms with Crippen LogP contribution in [0.3, 0.4) is 0 Å². The van der Waals surface area contributed by atoms with E-state index in [1.807, 2.05) is 90.7 Å². The highest BCUT2D eigenvalue weighted by Crippen LogP contribution is 2.51. The minimum Gasteiger partial charge on any atom is -0.134 e. The number of hydrogen-bond donors (Lipinski definition) is 0. The standard InChI is InChI=1S/C62H62S8/c1-7-11-15-43-36-56(68-59(43)42-25-21-40(6)22-26-42)51-29-27-47(63-51)50-32-34-54(66-50)61-46(18-14-10-4)38-58(70-61)62-45(17-13-9-3)37-57(69-62)52-30-28-48(64-52)49-31-33-53(65-49)60-44(16-12-8-2)35-55(67-60)41-23-19-39(5)20-24-41/h19-38H,7-18H2,1-6H3. The van der Waals surface area contributed by atoms with Crippen LogP contribution in [-0.2, 0) is 25.7 Å². The van der Waals surface area contributed by atoms with Crippen LogP contribution in [-0.4, -0.2) is 0 Å². The zero-order chi connectivity index (χ0) is 48.1. The third-order valence-electron chi connectivity index (χ3n) is 13.2. The maximum atomic E-state index is 2.57. The highest BCUT2D eigenvalue weighted by molar-refractivity contribution is 7.32. The lowest BCUT2D eigenvalue weighted by Crippen LogP contribution is -1.85. The maximum absolute atomic E-state index is 2.57. The number of aryl methyl sites for hydroxylation is 6. The molecule has 0 spiro atoms. The number of thiophene rings is 8. The molecule has 8 aromatic heterocycles. The number of rotatable bonds is 21. The maximum Gasteiger partial charge on any atom is 0.0481 e. The molecule has 0 aliphatic rings. The third-order valence-corrected chi connectivity index (χ3v) is 23.6. The lowest BCUT2D eigenvalue weighted by atomic mass is 10.0. The van der Waals surface area contributed by atoms with E-state index in [4.69, 9.17) is 0 Å². The van der Waals surface area contributed by atoms with Crippen LogP contribution in [0.2, 0.25) is 0 Å². The quantitative estimate of drug-likeness (QED) is 0.0673. The van der Waals surface area contributed by atoms with Crippen molar-refractivity contribution < 1.29 is 0 Å². The highest BCUT2D eigenvalue weighted by atomic mass is 32.1. The molecule has 0 saturated heterocycles. The molecule has 0 amide bonds. The number of benzene rings is 2. The van der Waals surface area contributed by atoms with Gasteiger partial charge in [0.25, 0.3) is 0 Å². The Kier molecular flexibility index (Phi) is 16.2. The average Bonchev–Trinajstić information content (AvgIpc) is 4.23. The van der Waals surface area contributed by atoms with Crippen molar-refractivity contribution in [1.82, 2.24) is 0 Å². The van der Waals surface area contributed by atoms with Crippen LogP contribution in [0.5, 0.6) is 0 Å². The summed E-state index contributed by atoms with van der Waals surface area (Å²) >= 11 is 15.8. The first kappa shape index (κ1) is 49.6. The molecule has 0 aliphatic heterocycles. The molecule has 0 fully saturated rings. The fraction of sp³-hybridized carbons (Fsp3) is 0.290. The van der Waals surface area contributed by atoms with Gasteiger partial charge in [0.2, 0.25) is 0 Å². The minimum atomic E-state index is 1.12. The molecule has 0 N–H and O–H groups in total. The van der Waals surface area contributed by atoms with Crippen LogP contribution >= 0.6 is 90.7 Å². The molecular weight excluding hydrogens is 1000 g/mol. The summed E-state index contributed by atoms with van der Waals surface area (Å²) in [6.45, 7) is 13.6. The van der Waals surface area contributed by atoms with Crippen molar-refractivity contribution in [3.8, 4) is 89.2 Å². The summed E-state index contributed by atoms with van der Waals surface area (Å²) in [5, 5.41) is 0. The monoisotopic (exact) mass is 1060 g/mol. The van der Waals surface area contributed by atoms with E-state index >= 15 is 0 Å². The Morgan fingerprint density at radius 3 is 0.971 bits per heavy atom. The fourth-order valence-corrected chi connectivity index (χ4v) is 18.8. The number of hydrogen-bond acceptors (Lipinski definition) is 8. The first-order chi connectivity index (χ1) is 34.3. The second-order valence-corrected chi connectivity index (χ2v) is 27.2. The lowest BCUT2D eigenvalue weighted by molar-refractivity contribution is 0.797. The molecule has 0 aliphatic carbocycles. The molecule has 70 heavy (non-hydrogen) atoms. The van der Waals surface area contributed by atoms with Crippen LogP contribution in [0.25, 0.3) is 89.2 Å². The van der Waals surface area contributed by atoms with Crippen LogP contribution in [0, 0.1) is 13.8 Å². The summed E-state index contributed by atoms with van der Waals surface area (Å²) in [4.78, 5) is 22.5. The molecule has 10 aromatic rings. The molecular formula is C62H62S8. The summed E-state index contributed by atoms with van der Waals surface area (Å²) in [6.07, 6.45) is 14.2. The van der Waals surface area contributed by atoms with Crippen LogP contribution in [0.15, 0.2) is 121 Å². The van der Waals surface area contributed by atoms with Gasteiger partial charge in [0, 0.05) is 78.0 Å². The van der Waals surface area contributed by atoms with Gasteiger partial charge in [-0.25, -0.2) is 0 Å². The van der Waals surface area contributed by atoms with E-state index in [1.165, 1.54) is 174 Å². The van der Waals surface area contributed by atoms with Gasteiger partial charge in [0.15, 0.2) is 0 Å². The summed E-state index contributed by atoms with van der Waals surface area (Å²) in [5.74, 6) is 0. The third kappa shape index (κ3) is 11.0. The highest BCUT2D eigenvalue weighted by Gasteiger charge is 2.22. The van der Waals surface area contributed by atoms with Gasteiger partial charge in [0.05, 0.1) is 0 Å². The molecule has 0 bridgehead atoms. The van der Waals surface area contributed by atoms with Gasteiger partial charge in [-0.2, -0.15) is 0 Å². The van der Waals surface area contributed by atoms with Gasteiger partial charge in [-0.3, -0.25) is 0 Å². The Morgan fingerprint density at radius 2 is 0.543 bits per heavy atom. The molecule has 0 unspecified atom stereocenters. The van der Waals surface area contributed by atoms with E-state index < -0.39 is 0 Å². The first-order valence-electron chi connectivity index (χ1n) is 25.4. The Balaban J connectivity index is 0.917. The largest absolute Gasteiger partial charge is 0.134 e. The van der Waals surface area contributed by atoms with Crippen molar-refractivity contribution >= 4 is 90.7 Å². The van der Waals surface area contributed by atoms with Crippen LogP contribution in [0.1, 0.15) is 112 Å². The predicted molar refractivity (Wildman–Crippen MR) is 322 cm³/mol. The van der Waals surface area contributed by atoms with Crippen molar-refractivity contribution in [2.75, 3.05) is 0 Å². The molecule has 8 heteroatoms. The fourth-order valence-electron chi connectivity index (χ4n) is 9.11. The Labute approximate surface area is 449 Å². The minimum absolute atomic E-state index is 1.12. The second-order valence-electron chi connectivity index (χ2n) is 18.7. The van der Waals surface area contributed by atoms with Gasteiger partial charge in [-0.05, 0) is 171 Å². The van der Waals surface area contributed by atoms with Gasteiger partial charge >= 0.3 is 0 Å². The van der Waals surface area contributed by atoms with E-state index in [0.717, 1.165) is 25.7 Å². The first-order valence-corrected chi connectivity index (χ1v) is 31.9. The van der Waals surface area contributed by atoms with E-state index in [9.17, 15) is 0 Å². The molecule has 0 saturated carbocycles. The predicted octanol–water partition coefficient (Wildman–Crippen LogP) is 23.2. The average molecular weight is 1060 g/mol. The smallest absolute Gasteiger partial charge is 0.0481 e. The Hall–Kier alpha value is -3.96. The van der Waals surface area contributed by atoms with Gasteiger partial charge in [-0.1, -0.05) is 113 Å². The van der Waals surface area contributed by atoms with E-state index in [1.54, 1.807) is 0 Å². The van der Waals surface area contributed by atoms with Crippen molar-refractivity contribution in [2.45, 2.75) is 119 Å². The van der Waals surface area contributed by atoms with E-state index in [-0.39, 0.29) is 0 Å². The summed E-state index contributed by atoms with van der Waals surface area (Å²) in [5.41, 5.74) is 11.3. The second kappa shape index (κ2) is 22.9. The topological polar surface area (TPSA) is 0 Å². The zero-order valence-corrected chi connectivity index (χ0v) is 47.8. The summed E-state index contributed by atoms with van der Waals surface area (Å²) < 4.78 is 0. The van der Waals surface area contributed by atoms with E-state index in [2.05, 4.69) is 163 Å². The SMILES string of the molecule is CCCCc1cc(-c2ccc(-c3ccc(-c4sc(-c5sc(-c6ccc(-c7ccc(-c8sc(-c9ccc(C)cc9)cc8CCCC)s7)s6)cc5CCCC)cc4CCCC)s3)s2)sc1-c1ccc(C)cc1. The van der Waals surface area contributed by atoms with Gasteiger partial charge < -0.3 is 0 Å². The molecule has 0 radical (unpaired) electrons. The van der Waals surface area contributed by atoms with Crippen molar-refractivity contribution in [2.24, 2.45) is 0 Å². The van der Waals surface area contributed by atoms with Gasteiger partial charge in [0.1, 0.15) is 0 Å². The molecule has 358 valence electrons. The molecule has 10 rings (SSSR count). The van der Waals surface area contributed by atoms with Crippen LogP contribution in [0.4, 0.5) is 0 Å². The van der Waals surface area contributed by atoms with Crippen molar-refractivity contribution in [3.05, 3.63) is 155 Å². The number of unbranched alkanes of at least 4 members (excludes halogenated alkanes) is 4. The molecule has 2 aromatic carbocycles. The summed E-state index contributed by atoms with van der Waals surface area (Å²) in [7, 11) is 0.